The van der Waals surface area contributed by atoms with Crippen LogP contribution in [-0.2, 0) is 6.61 Å². The summed E-state index contributed by atoms with van der Waals surface area (Å²) in [6.45, 7) is 2.00. The number of aryl methyl sites for hydroxylation is 1. The fourth-order valence-electron chi connectivity index (χ4n) is 2.78. The van der Waals surface area contributed by atoms with Crippen molar-refractivity contribution in [1.29, 1.82) is 0 Å². The average molecular weight is 396 g/mol. The second-order valence-corrected chi connectivity index (χ2v) is 6.30. The maximum absolute atomic E-state index is 12.4. The Balaban J connectivity index is 1.41. The van der Waals surface area contributed by atoms with Crippen LogP contribution in [0.25, 0.3) is 0 Å². The SMILES string of the molecule is Cc1ccc(NC(=O)c2ccc(COc3ccc4c(c3)OCO4)o2)c([N+](=O)[O-])c1. The summed E-state index contributed by atoms with van der Waals surface area (Å²) < 4.78 is 21.7. The van der Waals surface area contributed by atoms with Gasteiger partial charge in [-0.25, -0.2) is 0 Å². The normalized spacial score (nSPS) is 11.9. The third-order valence-electron chi connectivity index (χ3n) is 4.21. The van der Waals surface area contributed by atoms with Crippen LogP contribution in [0.2, 0.25) is 0 Å². The smallest absolute Gasteiger partial charge is 0.293 e. The summed E-state index contributed by atoms with van der Waals surface area (Å²) in [4.78, 5) is 23.0. The zero-order valence-corrected chi connectivity index (χ0v) is 15.3. The highest BCUT2D eigenvalue weighted by Gasteiger charge is 2.19. The van der Waals surface area contributed by atoms with Gasteiger partial charge in [-0.15, -0.1) is 0 Å². The summed E-state index contributed by atoms with van der Waals surface area (Å²) in [5.41, 5.74) is 0.632. The molecule has 0 spiro atoms. The van der Waals surface area contributed by atoms with Crippen LogP contribution in [0.15, 0.2) is 52.9 Å². The second-order valence-electron chi connectivity index (χ2n) is 6.30. The first-order valence-corrected chi connectivity index (χ1v) is 8.67. The van der Waals surface area contributed by atoms with Crippen LogP contribution < -0.4 is 19.5 Å². The Hall–Kier alpha value is -4.01. The summed E-state index contributed by atoms with van der Waals surface area (Å²) in [5, 5.41) is 13.7. The van der Waals surface area contributed by atoms with Crippen molar-refractivity contribution in [1.82, 2.24) is 0 Å². The Morgan fingerprint density at radius 2 is 1.97 bits per heavy atom. The van der Waals surface area contributed by atoms with Crippen molar-refractivity contribution >= 4 is 17.3 Å². The van der Waals surface area contributed by atoms with E-state index in [1.165, 1.54) is 18.2 Å². The van der Waals surface area contributed by atoms with Crippen molar-refractivity contribution in [2.75, 3.05) is 12.1 Å². The average Bonchev–Trinajstić information content (AvgIpc) is 3.36. The van der Waals surface area contributed by atoms with Crippen LogP contribution in [0, 0.1) is 17.0 Å². The summed E-state index contributed by atoms with van der Waals surface area (Å²) in [6, 6.07) is 12.8. The fraction of sp³-hybridized carbons (Fsp3) is 0.150. The van der Waals surface area contributed by atoms with Gasteiger partial charge in [0.25, 0.3) is 11.6 Å². The first-order chi connectivity index (χ1) is 14.0. The number of nitrogens with one attached hydrogen (secondary N) is 1. The highest BCUT2D eigenvalue weighted by atomic mass is 16.7. The molecule has 1 aliphatic rings. The standard InChI is InChI=1S/C20H16N2O7/c1-12-2-5-15(16(8-12)22(24)25)21-20(23)18-7-4-14(29-18)10-26-13-3-6-17-19(9-13)28-11-27-17/h2-9H,10-11H2,1H3,(H,21,23). The van der Waals surface area contributed by atoms with Crippen molar-refractivity contribution in [2.45, 2.75) is 13.5 Å². The van der Waals surface area contributed by atoms with Gasteiger partial charge in [0.15, 0.2) is 17.3 Å². The number of rotatable bonds is 6. The van der Waals surface area contributed by atoms with E-state index in [2.05, 4.69) is 5.32 Å². The molecule has 9 heteroatoms. The molecule has 2 aromatic carbocycles. The molecule has 1 aliphatic heterocycles. The number of carbonyl (C=O) groups excluding carboxylic acids is 1. The van der Waals surface area contributed by atoms with E-state index in [9.17, 15) is 14.9 Å². The molecule has 148 valence electrons. The molecular weight excluding hydrogens is 380 g/mol. The number of nitrogens with zero attached hydrogens (tertiary/aromatic N) is 1. The maximum atomic E-state index is 12.4. The third kappa shape index (κ3) is 3.98. The van der Waals surface area contributed by atoms with E-state index < -0.39 is 10.8 Å². The predicted octanol–water partition coefficient (Wildman–Crippen LogP) is 4.06. The summed E-state index contributed by atoms with van der Waals surface area (Å²) in [5.74, 6) is 1.66. The van der Waals surface area contributed by atoms with E-state index in [1.807, 2.05) is 0 Å². The van der Waals surface area contributed by atoms with Crippen molar-refractivity contribution in [2.24, 2.45) is 0 Å². The fourth-order valence-corrected chi connectivity index (χ4v) is 2.78. The van der Waals surface area contributed by atoms with E-state index in [0.29, 0.717) is 23.0 Å². The number of nitro groups is 1. The van der Waals surface area contributed by atoms with E-state index in [1.54, 1.807) is 37.3 Å². The van der Waals surface area contributed by atoms with Gasteiger partial charge in [-0.05, 0) is 42.8 Å². The quantitative estimate of drug-likeness (QED) is 0.494. The highest BCUT2D eigenvalue weighted by Crippen LogP contribution is 2.35. The molecule has 0 fully saturated rings. The van der Waals surface area contributed by atoms with Gasteiger partial charge in [0.1, 0.15) is 23.8 Å². The summed E-state index contributed by atoms with van der Waals surface area (Å²) in [6.07, 6.45) is 0. The van der Waals surface area contributed by atoms with E-state index in [-0.39, 0.29) is 30.5 Å². The molecular formula is C20H16N2O7. The van der Waals surface area contributed by atoms with Gasteiger partial charge >= 0.3 is 0 Å². The lowest BCUT2D eigenvalue weighted by Crippen LogP contribution is -2.12. The second kappa shape index (κ2) is 7.55. The zero-order valence-electron chi connectivity index (χ0n) is 15.3. The third-order valence-corrected chi connectivity index (χ3v) is 4.21. The number of nitro benzene ring substituents is 1. The number of amides is 1. The molecule has 0 unspecified atom stereocenters. The highest BCUT2D eigenvalue weighted by molar-refractivity contribution is 6.03. The molecule has 0 saturated heterocycles. The Kier molecular flexibility index (Phi) is 4.78. The van der Waals surface area contributed by atoms with Crippen molar-refractivity contribution in [3.05, 3.63) is 75.7 Å². The molecule has 3 aromatic rings. The molecule has 4 rings (SSSR count). The van der Waals surface area contributed by atoms with Gasteiger partial charge in [-0.2, -0.15) is 0 Å². The van der Waals surface area contributed by atoms with E-state index in [0.717, 1.165) is 5.56 Å². The molecule has 0 radical (unpaired) electrons. The van der Waals surface area contributed by atoms with Gasteiger partial charge in [0, 0.05) is 12.1 Å². The van der Waals surface area contributed by atoms with E-state index in [4.69, 9.17) is 18.6 Å². The van der Waals surface area contributed by atoms with Crippen molar-refractivity contribution in [3.8, 4) is 17.2 Å². The number of hydrogen-bond donors (Lipinski definition) is 1. The number of anilines is 1. The Bertz CT molecular complexity index is 1090. The van der Waals surface area contributed by atoms with Gasteiger partial charge in [0.2, 0.25) is 6.79 Å². The number of furan rings is 1. The van der Waals surface area contributed by atoms with Crippen LogP contribution >= 0.6 is 0 Å². The lowest BCUT2D eigenvalue weighted by molar-refractivity contribution is -0.384. The van der Waals surface area contributed by atoms with Crippen LogP contribution in [0.5, 0.6) is 17.2 Å². The summed E-state index contributed by atoms with van der Waals surface area (Å²) in [7, 11) is 0. The predicted molar refractivity (Wildman–Crippen MR) is 101 cm³/mol. The number of carbonyl (C=O) groups is 1. The maximum Gasteiger partial charge on any atom is 0.293 e. The van der Waals surface area contributed by atoms with Gasteiger partial charge in [0.05, 0.1) is 4.92 Å². The lowest BCUT2D eigenvalue weighted by Gasteiger charge is -2.06. The van der Waals surface area contributed by atoms with Crippen LogP contribution in [0.4, 0.5) is 11.4 Å². The molecule has 2 heterocycles. The first-order valence-electron chi connectivity index (χ1n) is 8.67. The molecule has 1 amide bonds. The molecule has 0 saturated carbocycles. The first kappa shape index (κ1) is 18.4. The molecule has 0 bridgehead atoms. The van der Waals surface area contributed by atoms with Gasteiger partial charge in [-0.1, -0.05) is 6.07 Å². The largest absolute Gasteiger partial charge is 0.486 e. The molecule has 9 nitrogen and oxygen atoms in total. The molecule has 29 heavy (non-hydrogen) atoms. The number of hydrogen-bond acceptors (Lipinski definition) is 7. The van der Waals surface area contributed by atoms with Crippen LogP contribution in [0.1, 0.15) is 21.9 Å². The van der Waals surface area contributed by atoms with Crippen LogP contribution in [-0.4, -0.2) is 17.6 Å². The Morgan fingerprint density at radius 3 is 2.79 bits per heavy atom. The van der Waals surface area contributed by atoms with Gasteiger partial charge in [-0.3, -0.25) is 14.9 Å². The van der Waals surface area contributed by atoms with Gasteiger partial charge < -0.3 is 23.9 Å². The van der Waals surface area contributed by atoms with Crippen molar-refractivity contribution in [3.63, 3.8) is 0 Å². The Morgan fingerprint density at radius 1 is 1.14 bits per heavy atom. The number of ether oxygens (including phenoxy) is 3. The minimum Gasteiger partial charge on any atom is -0.486 e. The minimum absolute atomic E-state index is 0.0177. The molecule has 0 atom stereocenters. The lowest BCUT2D eigenvalue weighted by atomic mass is 10.2. The van der Waals surface area contributed by atoms with Crippen LogP contribution in [0.3, 0.4) is 0 Å². The number of fused-ring (bicyclic) bond motifs is 1. The molecule has 1 N–H and O–H groups in total. The summed E-state index contributed by atoms with van der Waals surface area (Å²) >= 11 is 0. The van der Waals surface area contributed by atoms with Crippen molar-refractivity contribution < 1.29 is 28.3 Å². The number of benzene rings is 2. The van der Waals surface area contributed by atoms with E-state index >= 15 is 0 Å². The monoisotopic (exact) mass is 396 g/mol. The zero-order chi connectivity index (χ0) is 20.4. The molecule has 0 aliphatic carbocycles. The minimum atomic E-state index is -0.591. The molecule has 1 aromatic heterocycles. The topological polar surface area (TPSA) is 113 Å². The Labute approximate surface area is 164 Å².